The maximum Gasteiger partial charge on any atom is 0.252 e. The lowest BCUT2D eigenvalue weighted by molar-refractivity contribution is -0.138. The van der Waals surface area contributed by atoms with Crippen molar-refractivity contribution in [1.29, 1.82) is 0 Å². The van der Waals surface area contributed by atoms with Crippen molar-refractivity contribution in [3.8, 4) is 22.8 Å². The van der Waals surface area contributed by atoms with Crippen molar-refractivity contribution < 1.29 is 29.2 Å². The summed E-state index contributed by atoms with van der Waals surface area (Å²) in [6.45, 7) is 1.93. The number of aliphatic hydroxyl groups excluding tert-OH is 2. The highest BCUT2D eigenvalue weighted by Crippen LogP contribution is 2.39. The van der Waals surface area contributed by atoms with Gasteiger partial charge in [-0.1, -0.05) is 0 Å². The number of carbonyl (C=O) groups excluding carboxylic acids is 1. The third-order valence-corrected chi connectivity index (χ3v) is 7.95. The van der Waals surface area contributed by atoms with Crippen molar-refractivity contribution in [2.45, 2.75) is 50.0 Å². The molecular weight excluding hydrogens is 556 g/mol. The van der Waals surface area contributed by atoms with Crippen LogP contribution in [0.3, 0.4) is 0 Å². The van der Waals surface area contributed by atoms with E-state index in [0.29, 0.717) is 52.7 Å². The summed E-state index contributed by atoms with van der Waals surface area (Å²) in [4.78, 5) is 22.2. The fraction of sp³-hybridized carbons (Fsp3) is 0.448. The van der Waals surface area contributed by atoms with Gasteiger partial charge in [-0.2, -0.15) is 5.10 Å². The van der Waals surface area contributed by atoms with Gasteiger partial charge in [0, 0.05) is 55.8 Å². The van der Waals surface area contributed by atoms with E-state index in [2.05, 4.69) is 31.0 Å². The molecule has 4 aromatic rings. The number of aryl methyl sites for hydroxylation is 1. The number of carbonyl (C=O) groups is 1. The summed E-state index contributed by atoms with van der Waals surface area (Å²) in [5.41, 5.74) is 2.66. The molecule has 0 unspecified atom stereocenters. The lowest BCUT2D eigenvalue weighted by Gasteiger charge is -2.25. The van der Waals surface area contributed by atoms with Crippen molar-refractivity contribution >= 4 is 22.8 Å². The number of hydrogen-bond acceptors (Lipinski definition) is 11. The molecule has 3 aromatic heterocycles. The molecule has 0 aliphatic carbocycles. The predicted octanol–water partition coefficient (Wildman–Crippen LogP) is 0.949. The van der Waals surface area contributed by atoms with Crippen LogP contribution in [-0.4, -0.2) is 92.1 Å². The predicted molar refractivity (Wildman–Crippen MR) is 157 cm³/mol. The summed E-state index contributed by atoms with van der Waals surface area (Å²) in [5.74, 6) is 1.40. The van der Waals surface area contributed by atoms with E-state index in [4.69, 9.17) is 14.2 Å². The number of ether oxygens (including phenoxy) is 3. The average Bonchev–Trinajstić information content (AvgIpc) is 3.71. The molecule has 0 bridgehead atoms. The van der Waals surface area contributed by atoms with Gasteiger partial charge in [0.2, 0.25) is 0 Å². The van der Waals surface area contributed by atoms with Gasteiger partial charge in [-0.15, -0.1) is 0 Å². The first-order valence-corrected chi connectivity index (χ1v) is 14.2. The Balaban J connectivity index is 1.34. The van der Waals surface area contributed by atoms with E-state index in [9.17, 15) is 15.0 Å². The van der Waals surface area contributed by atoms with Crippen LogP contribution >= 0.6 is 0 Å². The maximum atomic E-state index is 13.1. The molecule has 228 valence electrons. The van der Waals surface area contributed by atoms with E-state index in [-0.39, 0.29) is 6.04 Å². The number of aliphatic hydroxyl groups is 2. The second-order valence-corrected chi connectivity index (χ2v) is 10.8. The SMILES string of the molecule is COc1ccc(CNc2ncnc3c2c(-c2ccn(C)n2)cn3[C@@H]2O[C@H](C(=O)N[C@H]3CCCNC3)[C@@H](O)[C@H]2O)c(OC)c1. The van der Waals surface area contributed by atoms with E-state index in [1.54, 1.807) is 29.7 Å². The second-order valence-electron chi connectivity index (χ2n) is 10.8. The zero-order valence-corrected chi connectivity index (χ0v) is 24.2. The molecule has 2 saturated heterocycles. The Hall–Kier alpha value is -4.24. The van der Waals surface area contributed by atoms with E-state index in [1.165, 1.54) is 6.33 Å². The van der Waals surface area contributed by atoms with Crippen LogP contribution in [0.5, 0.6) is 11.5 Å². The molecule has 0 radical (unpaired) electrons. The molecule has 5 N–H and O–H groups in total. The Bertz CT molecular complexity index is 1600. The maximum absolute atomic E-state index is 13.1. The van der Waals surface area contributed by atoms with Crippen LogP contribution in [0.1, 0.15) is 24.6 Å². The summed E-state index contributed by atoms with van der Waals surface area (Å²) >= 11 is 0. The summed E-state index contributed by atoms with van der Waals surface area (Å²) < 4.78 is 20.2. The first kappa shape index (κ1) is 28.9. The Morgan fingerprint density at radius 1 is 1.19 bits per heavy atom. The number of rotatable bonds is 9. The normalized spacial score (nSPS) is 23.8. The molecule has 5 heterocycles. The molecule has 0 saturated carbocycles. The molecule has 1 aromatic carbocycles. The summed E-state index contributed by atoms with van der Waals surface area (Å²) in [7, 11) is 5.02. The van der Waals surface area contributed by atoms with Crippen molar-refractivity contribution in [3.63, 3.8) is 0 Å². The first-order valence-electron chi connectivity index (χ1n) is 14.2. The van der Waals surface area contributed by atoms with Gasteiger partial charge in [0.15, 0.2) is 12.3 Å². The van der Waals surface area contributed by atoms with Gasteiger partial charge in [-0.25, -0.2) is 9.97 Å². The number of piperidine rings is 1. The van der Waals surface area contributed by atoms with E-state index >= 15 is 0 Å². The molecule has 14 heteroatoms. The van der Waals surface area contributed by atoms with Crippen LogP contribution in [-0.2, 0) is 23.1 Å². The second kappa shape index (κ2) is 12.2. The topological polar surface area (TPSA) is 170 Å². The van der Waals surface area contributed by atoms with Crippen LogP contribution < -0.4 is 25.4 Å². The Morgan fingerprint density at radius 3 is 2.77 bits per heavy atom. The quantitative estimate of drug-likeness (QED) is 0.188. The van der Waals surface area contributed by atoms with E-state index < -0.39 is 30.4 Å². The largest absolute Gasteiger partial charge is 0.497 e. The number of amides is 1. The smallest absolute Gasteiger partial charge is 0.252 e. The number of methoxy groups -OCH3 is 2. The van der Waals surface area contributed by atoms with Crippen molar-refractivity contribution in [3.05, 3.63) is 48.5 Å². The van der Waals surface area contributed by atoms with Gasteiger partial charge in [0.25, 0.3) is 5.91 Å². The minimum Gasteiger partial charge on any atom is -0.497 e. The lowest BCUT2D eigenvalue weighted by atomic mass is 10.1. The number of nitrogens with one attached hydrogen (secondary N) is 3. The fourth-order valence-electron chi connectivity index (χ4n) is 5.71. The van der Waals surface area contributed by atoms with Gasteiger partial charge >= 0.3 is 0 Å². The number of aromatic nitrogens is 5. The minimum atomic E-state index is -1.43. The Kier molecular flexibility index (Phi) is 8.17. The Morgan fingerprint density at radius 2 is 2.05 bits per heavy atom. The molecule has 14 nitrogen and oxygen atoms in total. The van der Waals surface area contributed by atoms with Gasteiger partial charge < -0.3 is 44.9 Å². The average molecular weight is 593 g/mol. The zero-order chi connectivity index (χ0) is 30.1. The molecule has 6 rings (SSSR count). The summed E-state index contributed by atoms with van der Waals surface area (Å²) in [5, 5.41) is 36.8. The number of fused-ring (bicyclic) bond motifs is 1. The lowest BCUT2D eigenvalue weighted by Crippen LogP contribution is -2.51. The van der Waals surface area contributed by atoms with Crippen LogP contribution in [0.4, 0.5) is 5.82 Å². The van der Waals surface area contributed by atoms with Crippen molar-refractivity contribution in [1.82, 2.24) is 34.9 Å². The van der Waals surface area contributed by atoms with Gasteiger partial charge in [0.05, 0.1) is 25.3 Å². The van der Waals surface area contributed by atoms with E-state index in [0.717, 1.165) is 24.9 Å². The van der Waals surface area contributed by atoms with Gasteiger partial charge in [-0.3, -0.25) is 9.48 Å². The third-order valence-electron chi connectivity index (χ3n) is 7.95. The zero-order valence-electron chi connectivity index (χ0n) is 24.2. The first-order chi connectivity index (χ1) is 20.9. The molecule has 2 aliphatic rings. The molecule has 1 amide bonds. The summed E-state index contributed by atoms with van der Waals surface area (Å²) in [6.07, 6.45) is 1.61. The van der Waals surface area contributed by atoms with Crippen LogP contribution in [0, 0.1) is 0 Å². The van der Waals surface area contributed by atoms with Gasteiger partial charge in [0.1, 0.15) is 41.5 Å². The molecule has 5 atom stereocenters. The molecular formula is C29H36N8O6. The molecule has 2 aliphatic heterocycles. The summed E-state index contributed by atoms with van der Waals surface area (Å²) in [6, 6.07) is 7.36. The highest BCUT2D eigenvalue weighted by Gasteiger charge is 2.48. The van der Waals surface area contributed by atoms with Crippen molar-refractivity contribution in [2.24, 2.45) is 7.05 Å². The monoisotopic (exact) mass is 592 g/mol. The molecule has 2 fully saturated rings. The number of benzene rings is 1. The number of anilines is 1. The highest BCUT2D eigenvalue weighted by atomic mass is 16.6. The van der Waals surface area contributed by atoms with Crippen LogP contribution in [0.25, 0.3) is 22.3 Å². The van der Waals surface area contributed by atoms with E-state index in [1.807, 2.05) is 37.5 Å². The third kappa shape index (κ3) is 5.61. The highest BCUT2D eigenvalue weighted by molar-refractivity contribution is 6.00. The van der Waals surface area contributed by atoms with Crippen molar-refractivity contribution in [2.75, 3.05) is 32.6 Å². The van der Waals surface area contributed by atoms with Gasteiger partial charge in [-0.05, 0) is 37.6 Å². The minimum absolute atomic E-state index is 0.0675. The standard InChI is InChI=1S/C29H36N8O6/c1-36-10-8-20(35-36)19-14-37(29-24(39)23(38)25(43-29)28(40)34-17-5-4-9-30-13-17)27-22(19)26(32-15-33-27)31-12-16-6-7-18(41-2)11-21(16)42-3/h6-8,10-11,14-15,17,23-25,29-30,38-39H,4-5,9,12-13H2,1-3H3,(H,34,40)(H,31,32,33)/t17-,23-,24+,25-,29+/m0/s1. The molecule has 0 spiro atoms. The van der Waals surface area contributed by atoms with Crippen LogP contribution in [0.15, 0.2) is 43.0 Å². The fourth-order valence-corrected chi connectivity index (χ4v) is 5.71. The Labute approximate surface area is 248 Å². The number of nitrogens with zero attached hydrogens (tertiary/aromatic N) is 5. The van der Waals surface area contributed by atoms with Crippen LogP contribution in [0.2, 0.25) is 0 Å². The number of hydrogen-bond donors (Lipinski definition) is 5. The molecule has 43 heavy (non-hydrogen) atoms.